The molecule has 2 amide bonds. The zero-order valence-electron chi connectivity index (χ0n) is 17.5. The Bertz CT molecular complexity index is 1130. The van der Waals surface area contributed by atoms with E-state index in [1.54, 1.807) is 60.8 Å². The van der Waals surface area contributed by atoms with Gasteiger partial charge in [-0.3, -0.25) is 9.59 Å². The van der Waals surface area contributed by atoms with E-state index in [4.69, 9.17) is 27.9 Å². The fraction of sp³-hybridized carbons (Fsp3) is 0.174. The average Bonchev–Trinajstić information content (AvgIpc) is 3.19. The first kappa shape index (κ1) is 25.1. The van der Waals surface area contributed by atoms with Gasteiger partial charge in [-0.15, -0.1) is 23.1 Å². The molecule has 1 aromatic heterocycles. The van der Waals surface area contributed by atoms with Crippen LogP contribution in [0, 0.1) is 0 Å². The number of ether oxygens (including phenoxy) is 1. The minimum Gasteiger partial charge on any atom is -0.462 e. The number of thioether (sulfide) groups is 1. The van der Waals surface area contributed by atoms with E-state index >= 15 is 0 Å². The van der Waals surface area contributed by atoms with Gasteiger partial charge in [-0.25, -0.2) is 4.79 Å². The smallest absolute Gasteiger partial charge is 0.341 e. The van der Waals surface area contributed by atoms with Crippen molar-refractivity contribution < 1.29 is 19.1 Å². The topological polar surface area (TPSA) is 84.5 Å². The van der Waals surface area contributed by atoms with Gasteiger partial charge < -0.3 is 15.4 Å². The number of carbonyl (C=O) groups is 3. The van der Waals surface area contributed by atoms with E-state index in [2.05, 4.69) is 10.6 Å². The molecule has 172 valence electrons. The molecule has 1 heterocycles. The van der Waals surface area contributed by atoms with Crippen LogP contribution >= 0.6 is 46.3 Å². The minimum atomic E-state index is -0.519. The Balaban J connectivity index is 1.61. The molecule has 6 nitrogen and oxygen atoms in total. The number of halogens is 2. The van der Waals surface area contributed by atoms with Gasteiger partial charge >= 0.3 is 5.97 Å². The molecule has 0 saturated heterocycles. The van der Waals surface area contributed by atoms with E-state index in [-0.39, 0.29) is 29.9 Å². The van der Waals surface area contributed by atoms with Crippen LogP contribution in [0.4, 0.5) is 10.7 Å². The van der Waals surface area contributed by atoms with Gasteiger partial charge in [-0.2, -0.15) is 0 Å². The van der Waals surface area contributed by atoms with Crippen molar-refractivity contribution in [2.75, 3.05) is 28.7 Å². The molecule has 0 radical (unpaired) electrons. The van der Waals surface area contributed by atoms with Crippen molar-refractivity contribution >= 4 is 74.8 Å². The molecule has 2 aromatic carbocycles. The maximum Gasteiger partial charge on any atom is 0.341 e. The number of nitrogens with one attached hydrogen (secondary N) is 2. The summed E-state index contributed by atoms with van der Waals surface area (Å²) in [6.45, 7) is 1.93. The summed E-state index contributed by atoms with van der Waals surface area (Å²) < 4.78 is 5.19. The SMILES string of the molecule is CCOC(=O)c1c(-c2ccc(Cl)cc2)csc1NC(=O)CSCC(=O)Nc1ccc(Cl)cc1. The largest absolute Gasteiger partial charge is 0.462 e. The first-order chi connectivity index (χ1) is 15.9. The van der Waals surface area contributed by atoms with Gasteiger partial charge in [0.25, 0.3) is 0 Å². The Morgan fingerprint density at radius 1 is 0.909 bits per heavy atom. The van der Waals surface area contributed by atoms with Crippen LogP contribution in [-0.2, 0) is 14.3 Å². The van der Waals surface area contributed by atoms with E-state index in [0.29, 0.717) is 31.9 Å². The molecular formula is C23H20Cl2N2O4S2. The molecule has 3 aromatic rings. The van der Waals surface area contributed by atoms with Crippen molar-refractivity contribution in [3.05, 3.63) is 69.5 Å². The number of rotatable bonds is 9. The summed E-state index contributed by atoms with van der Waals surface area (Å²) in [5.41, 5.74) is 2.36. The Morgan fingerprint density at radius 2 is 1.48 bits per heavy atom. The molecule has 0 fully saturated rings. The summed E-state index contributed by atoms with van der Waals surface area (Å²) in [6, 6.07) is 13.8. The third kappa shape index (κ3) is 7.23. The molecule has 0 unspecified atom stereocenters. The first-order valence-electron chi connectivity index (χ1n) is 9.85. The van der Waals surface area contributed by atoms with Gasteiger partial charge in [0.15, 0.2) is 0 Å². The van der Waals surface area contributed by atoms with Crippen LogP contribution in [0.2, 0.25) is 10.0 Å². The van der Waals surface area contributed by atoms with E-state index in [1.165, 1.54) is 11.3 Å². The van der Waals surface area contributed by atoms with Crippen LogP contribution < -0.4 is 10.6 Å². The predicted molar refractivity (Wildman–Crippen MR) is 137 cm³/mol. The van der Waals surface area contributed by atoms with Crippen LogP contribution in [0.25, 0.3) is 11.1 Å². The summed E-state index contributed by atoms with van der Waals surface area (Å²) in [4.78, 5) is 37.2. The van der Waals surface area contributed by atoms with Gasteiger partial charge in [0.05, 0.1) is 18.1 Å². The number of amides is 2. The molecule has 3 rings (SSSR count). The maximum atomic E-state index is 12.6. The molecule has 0 spiro atoms. The Hall–Kier alpha value is -2.52. The lowest BCUT2D eigenvalue weighted by molar-refractivity contribution is -0.114. The monoisotopic (exact) mass is 522 g/mol. The molecule has 10 heteroatoms. The number of thiophene rings is 1. The second-order valence-electron chi connectivity index (χ2n) is 6.68. The number of hydrogen-bond donors (Lipinski definition) is 2. The Labute approximate surface area is 209 Å². The van der Waals surface area contributed by atoms with Crippen LogP contribution in [0.3, 0.4) is 0 Å². The molecule has 0 saturated carbocycles. The van der Waals surface area contributed by atoms with Gasteiger partial charge in [0.1, 0.15) is 10.6 Å². The first-order valence-corrected chi connectivity index (χ1v) is 12.6. The summed E-state index contributed by atoms with van der Waals surface area (Å²) in [5.74, 6) is -0.932. The van der Waals surface area contributed by atoms with Crippen LogP contribution in [-0.4, -0.2) is 35.9 Å². The third-order valence-corrected chi connectivity index (χ3v) is 6.61. The molecule has 0 atom stereocenters. The normalized spacial score (nSPS) is 10.5. The third-order valence-electron chi connectivity index (χ3n) is 4.27. The van der Waals surface area contributed by atoms with Gasteiger partial charge in [0, 0.05) is 26.7 Å². The van der Waals surface area contributed by atoms with E-state index in [1.807, 2.05) is 0 Å². The number of hydrogen-bond acceptors (Lipinski definition) is 6. The number of benzene rings is 2. The van der Waals surface area contributed by atoms with E-state index < -0.39 is 5.97 Å². The maximum absolute atomic E-state index is 12.6. The molecular weight excluding hydrogens is 503 g/mol. The number of esters is 1. The lowest BCUT2D eigenvalue weighted by Crippen LogP contribution is -2.19. The quantitative estimate of drug-likeness (QED) is 0.326. The van der Waals surface area contributed by atoms with Crippen molar-refractivity contribution in [3.8, 4) is 11.1 Å². The highest BCUT2D eigenvalue weighted by Gasteiger charge is 2.23. The van der Waals surface area contributed by atoms with Gasteiger partial charge in [-0.05, 0) is 48.9 Å². The fourth-order valence-electron chi connectivity index (χ4n) is 2.83. The lowest BCUT2D eigenvalue weighted by atomic mass is 10.0. The van der Waals surface area contributed by atoms with Crippen LogP contribution in [0.15, 0.2) is 53.9 Å². The number of anilines is 2. The van der Waals surface area contributed by atoms with Gasteiger partial charge in [0.2, 0.25) is 11.8 Å². The standard InChI is InChI=1S/C23H20Cl2N2O4S2/c1-2-31-23(30)21-18(14-3-5-15(24)6-4-14)11-33-22(21)27-20(29)13-32-12-19(28)26-17-9-7-16(25)8-10-17/h3-11H,2,12-13H2,1H3,(H,26,28)(H,27,29). The molecule has 0 bridgehead atoms. The van der Waals surface area contributed by atoms with Gasteiger partial charge in [-0.1, -0.05) is 35.3 Å². The van der Waals surface area contributed by atoms with Crippen LogP contribution in [0.5, 0.6) is 0 Å². The van der Waals surface area contributed by atoms with Crippen LogP contribution in [0.1, 0.15) is 17.3 Å². The zero-order chi connectivity index (χ0) is 23.8. The summed E-state index contributed by atoms with van der Waals surface area (Å²) >= 11 is 14.2. The highest BCUT2D eigenvalue weighted by atomic mass is 35.5. The summed E-state index contributed by atoms with van der Waals surface area (Å²) in [5, 5.41) is 8.85. The molecule has 0 aliphatic heterocycles. The predicted octanol–water partition coefficient (Wildman–Crippen LogP) is 6.21. The Morgan fingerprint density at radius 3 is 2.09 bits per heavy atom. The van der Waals surface area contributed by atoms with E-state index in [0.717, 1.165) is 17.3 Å². The molecule has 2 N–H and O–H groups in total. The zero-order valence-corrected chi connectivity index (χ0v) is 20.7. The average molecular weight is 523 g/mol. The molecule has 33 heavy (non-hydrogen) atoms. The lowest BCUT2D eigenvalue weighted by Gasteiger charge is -2.09. The second-order valence-corrected chi connectivity index (χ2v) is 9.42. The second kappa shape index (κ2) is 12.1. The summed E-state index contributed by atoms with van der Waals surface area (Å²) in [6.07, 6.45) is 0. The van der Waals surface area contributed by atoms with Crippen molar-refractivity contribution in [1.82, 2.24) is 0 Å². The van der Waals surface area contributed by atoms with Crippen molar-refractivity contribution in [2.24, 2.45) is 0 Å². The van der Waals surface area contributed by atoms with E-state index in [9.17, 15) is 14.4 Å². The fourth-order valence-corrected chi connectivity index (χ4v) is 4.67. The Kier molecular flexibility index (Phi) is 9.20. The van der Waals surface area contributed by atoms with Crippen molar-refractivity contribution in [1.29, 1.82) is 0 Å². The van der Waals surface area contributed by atoms with Crippen molar-refractivity contribution in [2.45, 2.75) is 6.92 Å². The van der Waals surface area contributed by atoms with Crippen molar-refractivity contribution in [3.63, 3.8) is 0 Å². The highest BCUT2D eigenvalue weighted by molar-refractivity contribution is 8.00. The molecule has 0 aliphatic rings. The molecule has 0 aliphatic carbocycles. The highest BCUT2D eigenvalue weighted by Crippen LogP contribution is 2.36. The minimum absolute atomic E-state index is 0.0461. The number of carbonyl (C=O) groups excluding carboxylic acids is 3. The summed E-state index contributed by atoms with van der Waals surface area (Å²) in [7, 11) is 0.